The highest BCUT2D eigenvalue weighted by atomic mass is 35.5. The first-order chi connectivity index (χ1) is 9.15. The Morgan fingerprint density at radius 2 is 1.74 bits per heavy atom. The summed E-state index contributed by atoms with van der Waals surface area (Å²) in [4.78, 5) is 4.23. The van der Waals surface area contributed by atoms with Crippen LogP contribution in [0.2, 0.25) is 10.0 Å². The van der Waals surface area contributed by atoms with Gasteiger partial charge in [0.05, 0.1) is 15.7 Å². The van der Waals surface area contributed by atoms with E-state index in [2.05, 4.69) is 11.9 Å². The first-order valence-corrected chi connectivity index (χ1v) is 7.97. The first kappa shape index (κ1) is 16.7. The Kier molecular flexibility index (Phi) is 8.43. The maximum Gasteiger partial charge on any atom is 0.0757 e. The third kappa shape index (κ3) is 6.60. The largest absolute Gasteiger partial charge is 0.323 e. The summed E-state index contributed by atoms with van der Waals surface area (Å²) in [6.07, 6.45) is 11.5. The van der Waals surface area contributed by atoms with Crippen molar-refractivity contribution < 1.29 is 0 Å². The Morgan fingerprint density at radius 3 is 2.37 bits per heavy atom. The molecular weight excluding hydrogens is 279 g/mol. The molecule has 0 aliphatic rings. The summed E-state index contributed by atoms with van der Waals surface area (Å²) in [6.45, 7) is 2.24. The van der Waals surface area contributed by atoms with Gasteiger partial charge in [0.1, 0.15) is 0 Å². The van der Waals surface area contributed by atoms with Gasteiger partial charge >= 0.3 is 0 Å². The van der Waals surface area contributed by atoms with Crippen molar-refractivity contribution in [2.75, 3.05) is 0 Å². The number of hydrogen-bond acceptors (Lipinski definition) is 2. The van der Waals surface area contributed by atoms with Gasteiger partial charge in [0.15, 0.2) is 0 Å². The normalized spacial score (nSPS) is 12.6. The van der Waals surface area contributed by atoms with Crippen LogP contribution < -0.4 is 5.73 Å². The molecule has 0 spiro atoms. The lowest BCUT2D eigenvalue weighted by atomic mass is 10.0. The quantitative estimate of drug-likeness (QED) is 0.609. The molecule has 1 unspecified atom stereocenters. The van der Waals surface area contributed by atoms with Crippen molar-refractivity contribution in [3.63, 3.8) is 0 Å². The molecular formula is C15H24Cl2N2. The molecule has 0 radical (unpaired) electrons. The smallest absolute Gasteiger partial charge is 0.0757 e. The van der Waals surface area contributed by atoms with E-state index in [1.54, 1.807) is 12.3 Å². The molecule has 0 aliphatic heterocycles. The first-order valence-electron chi connectivity index (χ1n) is 7.21. The van der Waals surface area contributed by atoms with Crippen molar-refractivity contribution >= 4 is 23.2 Å². The summed E-state index contributed by atoms with van der Waals surface area (Å²) in [5.74, 6) is 0. The van der Waals surface area contributed by atoms with Gasteiger partial charge in [0.25, 0.3) is 0 Å². The van der Waals surface area contributed by atoms with Crippen LogP contribution in [0.15, 0.2) is 12.3 Å². The van der Waals surface area contributed by atoms with E-state index in [1.165, 1.54) is 38.5 Å². The molecule has 0 aliphatic carbocycles. The van der Waals surface area contributed by atoms with E-state index in [-0.39, 0.29) is 6.04 Å². The SMILES string of the molecule is CCCCCCCCCC(N)c1ncc(Cl)cc1Cl. The minimum Gasteiger partial charge on any atom is -0.323 e. The molecule has 0 fully saturated rings. The Hall–Kier alpha value is -0.310. The predicted molar refractivity (Wildman–Crippen MR) is 83.8 cm³/mol. The monoisotopic (exact) mass is 302 g/mol. The van der Waals surface area contributed by atoms with E-state index in [1.807, 2.05) is 0 Å². The average Bonchev–Trinajstić information content (AvgIpc) is 2.37. The highest BCUT2D eigenvalue weighted by Crippen LogP contribution is 2.25. The van der Waals surface area contributed by atoms with Gasteiger partial charge in [-0.3, -0.25) is 4.98 Å². The number of hydrogen-bond donors (Lipinski definition) is 1. The zero-order valence-corrected chi connectivity index (χ0v) is 13.2. The van der Waals surface area contributed by atoms with Gasteiger partial charge in [-0.2, -0.15) is 0 Å². The van der Waals surface area contributed by atoms with Gasteiger partial charge in [-0.25, -0.2) is 0 Å². The van der Waals surface area contributed by atoms with Gasteiger partial charge in [-0.05, 0) is 12.5 Å². The van der Waals surface area contributed by atoms with Crippen molar-refractivity contribution in [1.82, 2.24) is 4.98 Å². The Bertz CT molecular complexity index is 369. The molecule has 1 aromatic heterocycles. The van der Waals surface area contributed by atoms with E-state index >= 15 is 0 Å². The lowest BCUT2D eigenvalue weighted by molar-refractivity contribution is 0.535. The van der Waals surface area contributed by atoms with Crippen molar-refractivity contribution in [3.05, 3.63) is 28.0 Å². The molecule has 4 heteroatoms. The summed E-state index contributed by atoms with van der Waals surface area (Å²) in [5, 5.41) is 1.12. The van der Waals surface area contributed by atoms with Crippen molar-refractivity contribution in [2.24, 2.45) is 5.73 Å². The predicted octanol–water partition coefficient (Wildman–Crippen LogP) is 5.53. The fourth-order valence-electron chi connectivity index (χ4n) is 2.16. The van der Waals surface area contributed by atoms with Crippen LogP contribution in [0.1, 0.15) is 70.0 Å². The van der Waals surface area contributed by atoms with Gasteiger partial charge in [0.2, 0.25) is 0 Å². The maximum absolute atomic E-state index is 6.12. The topological polar surface area (TPSA) is 38.9 Å². The number of rotatable bonds is 9. The molecule has 0 amide bonds. The average molecular weight is 303 g/mol. The fourth-order valence-corrected chi connectivity index (χ4v) is 2.68. The standard InChI is InChI=1S/C15H24Cl2N2/c1-2-3-4-5-6-7-8-9-14(18)15-13(17)10-12(16)11-19-15/h10-11,14H,2-9,18H2,1H3. The molecule has 108 valence electrons. The summed E-state index contributed by atoms with van der Waals surface area (Å²) < 4.78 is 0. The molecule has 0 aromatic carbocycles. The van der Waals surface area contributed by atoms with Gasteiger partial charge < -0.3 is 5.73 Å². The highest BCUT2D eigenvalue weighted by molar-refractivity contribution is 6.34. The van der Waals surface area contributed by atoms with Gasteiger partial charge in [-0.1, -0.05) is 75.1 Å². The molecule has 1 atom stereocenters. The van der Waals surface area contributed by atoms with Crippen LogP contribution in [0.3, 0.4) is 0 Å². The van der Waals surface area contributed by atoms with E-state index in [0.717, 1.165) is 18.5 Å². The third-order valence-corrected chi connectivity index (χ3v) is 3.82. The summed E-state index contributed by atoms with van der Waals surface area (Å²) in [6, 6.07) is 1.62. The van der Waals surface area contributed by atoms with Gasteiger partial charge in [-0.15, -0.1) is 0 Å². The minimum absolute atomic E-state index is 0.0830. The molecule has 0 bridgehead atoms. The zero-order chi connectivity index (χ0) is 14.1. The molecule has 1 aromatic rings. The van der Waals surface area contributed by atoms with Crippen LogP contribution in [0.4, 0.5) is 0 Å². The number of halogens is 2. The molecule has 1 heterocycles. The van der Waals surface area contributed by atoms with Crippen LogP contribution in [0.25, 0.3) is 0 Å². The third-order valence-electron chi connectivity index (χ3n) is 3.31. The molecule has 0 saturated heterocycles. The van der Waals surface area contributed by atoms with Crippen LogP contribution in [-0.4, -0.2) is 4.98 Å². The van der Waals surface area contributed by atoms with Crippen molar-refractivity contribution in [2.45, 2.75) is 64.3 Å². The maximum atomic E-state index is 6.12. The number of unbranched alkanes of at least 4 members (excludes halogenated alkanes) is 6. The van der Waals surface area contributed by atoms with E-state index < -0.39 is 0 Å². The van der Waals surface area contributed by atoms with Crippen LogP contribution in [0.5, 0.6) is 0 Å². The van der Waals surface area contributed by atoms with Crippen molar-refractivity contribution in [1.29, 1.82) is 0 Å². The molecule has 2 nitrogen and oxygen atoms in total. The summed E-state index contributed by atoms with van der Waals surface area (Å²) in [7, 11) is 0. The summed E-state index contributed by atoms with van der Waals surface area (Å²) in [5.41, 5.74) is 6.88. The Labute approximate surface area is 126 Å². The summed E-state index contributed by atoms with van der Waals surface area (Å²) >= 11 is 11.9. The molecule has 19 heavy (non-hydrogen) atoms. The van der Waals surface area contributed by atoms with Gasteiger partial charge in [0, 0.05) is 12.2 Å². The second kappa shape index (κ2) is 9.57. The number of pyridine rings is 1. The molecule has 0 saturated carbocycles. The second-order valence-electron chi connectivity index (χ2n) is 5.04. The van der Waals surface area contributed by atoms with E-state index in [0.29, 0.717) is 10.0 Å². The number of aromatic nitrogens is 1. The van der Waals surface area contributed by atoms with Crippen LogP contribution in [0, 0.1) is 0 Å². The van der Waals surface area contributed by atoms with E-state index in [9.17, 15) is 0 Å². The van der Waals surface area contributed by atoms with E-state index in [4.69, 9.17) is 28.9 Å². The zero-order valence-electron chi connectivity index (χ0n) is 11.7. The number of nitrogens with zero attached hydrogens (tertiary/aromatic N) is 1. The van der Waals surface area contributed by atoms with Crippen LogP contribution >= 0.6 is 23.2 Å². The Morgan fingerprint density at radius 1 is 1.11 bits per heavy atom. The Balaban J connectivity index is 2.22. The molecule has 1 rings (SSSR count). The lowest BCUT2D eigenvalue weighted by Gasteiger charge is -2.12. The van der Waals surface area contributed by atoms with Crippen molar-refractivity contribution in [3.8, 4) is 0 Å². The number of nitrogens with two attached hydrogens (primary N) is 1. The lowest BCUT2D eigenvalue weighted by Crippen LogP contribution is -2.12. The van der Waals surface area contributed by atoms with Crippen LogP contribution in [-0.2, 0) is 0 Å². The second-order valence-corrected chi connectivity index (χ2v) is 5.88. The highest BCUT2D eigenvalue weighted by Gasteiger charge is 2.11. The molecule has 2 N–H and O–H groups in total. The fraction of sp³-hybridized carbons (Fsp3) is 0.667. The minimum atomic E-state index is -0.0830.